The van der Waals surface area contributed by atoms with Crippen LogP contribution in [0, 0.1) is 6.92 Å². The number of nitrogens with zero attached hydrogens (tertiary/aromatic N) is 2. The summed E-state index contributed by atoms with van der Waals surface area (Å²) in [6.07, 6.45) is 1.47. The lowest BCUT2D eigenvalue weighted by molar-refractivity contribution is -0.140. The maximum absolute atomic E-state index is 13.5. The van der Waals surface area contributed by atoms with Crippen molar-refractivity contribution in [2.24, 2.45) is 0 Å². The summed E-state index contributed by atoms with van der Waals surface area (Å²) < 4.78 is 26.1. The number of para-hydroxylation sites is 1. The molecule has 8 heteroatoms. The quantitative estimate of drug-likeness (QED) is 0.592. The van der Waals surface area contributed by atoms with Gasteiger partial charge in [0.1, 0.15) is 12.6 Å². The second-order valence-electron chi connectivity index (χ2n) is 8.14. The van der Waals surface area contributed by atoms with E-state index in [4.69, 9.17) is 0 Å². The monoisotopic (exact) mass is 459 g/mol. The second kappa shape index (κ2) is 11.1. The van der Waals surface area contributed by atoms with Gasteiger partial charge in [-0.05, 0) is 50.5 Å². The van der Waals surface area contributed by atoms with Gasteiger partial charge in [-0.2, -0.15) is 0 Å². The summed E-state index contributed by atoms with van der Waals surface area (Å²) in [7, 11) is -3.71. The van der Waals surface area contributed by atoms with Gasteiger partial charge in [0, 0.05) is 12.6 Å². The summed E-state index contributed by atoms with van der Waals surface area (Å²) in [4.78, 5) is 27.9. The van der Waals surface area contributed by atoms with Crippen LogP contribution in [0.3, 0.4) is 0 Å². The summed E-state index contributed by atoms with van der Waals surface area (Å²) in [5.74, 6) is -0.691. The number of sulfonamides is 1. The topological polar surface area (TPSA) is 86.8 Å². The molecule has 2 aromatic carbocycles. The molecule has 0 unspecified atom stereocenters. The lowest BCUT2D eigenvalue weighted by Gasteiger charge is -2.33. The first-order chi connectivity index (χ1) is 15.0. The lowest BCUT2D eigenvalue weighted by atomic mass is 10.1. The van der Waals surface area contributed by atoms with Crippen LogP contribution in [0.1, 0.15) is 38.3 Å². The fourth-order valence-corrected chi connectivity index (χ4v) is 4.33. The number of anilines is 1. The molecule has 2 amide bonds. The predicted octanol–water partition coefficient (Wildman–Crippen LogP) is 3.09. The molecule has 0 aliphatic rings. The zero-order chi connectivity index (χ0) is 23.9. The van der Waals surface area contributed by atoms with Crippen LogP contribution in [0.4, 0.5) is 5.69 Å². The SMILES string of the molecule is CC[C@H](C(=O)NC(C)C)N(Cc1ccccc1C)C(=O)CN(c1ccccc1)S(C)(=O)=O. The summed E-state index contributed by atoms with van der Waals surface area (Å²) in [6.45, 7) is 7.33. The van der Waals surface area contributed by atoms with Crippen LogP contribution in [0.25, 0.3) is 0 Å². The average Bonchev–Trinajstić information content (AvgIpc) is 2.72. The number of amides is 2. The highest BCUT2D eigenvalue weighted by molar-refractivity contribution is 7.92. The van der Waals surface area contributed by atoms with Gasteiger partial charge in [-0.15, -0.1) is 0 Å². The van der Waals surface area contributed by atoms with Crippen molar-refractivity contribution in [3.8, 4) is 0 Å². The molecule has 2 rings (SSSR count). The van der Waals surface area contributed by atoms with Gasteiger partial charge in [0.05, 0.1) is 11.9 Å². The fraction of sp³-hybridized carbons (Fsp3) is 0.417. The van der Waals surface area contributed by atoms with Gasteiger partial charge in [0.15, 0.2) is 0 Å². The lowest BCUT2D eigenvalue weighted by Crippen LogP contribution is -2.53. The van der Waals surface area contributed by atoms with Crippen molar-refractivity contribution in [1.29, 1.82) is 0 Å². The fourth-order valence-electron chi connectivity index (χ4n) is 3.48. The van der Waals surface area contributed by atoms with Crippen LogP contribution in [0.2, 0.25) is 0 Å². The standard InChI is InChI=1S/C24H33N3O4S/c1-6-22(24(29)25-18(2)3)26(16-20-13-11-10-12-19(20)4)23(28)17-27(32(5,30)31)21-14-8-7-9-15-21/h7-15,18,22H,6,16-17H2,1-5H3,(H,25,29)/t22-/m1/s1. The molecule has 0 fully saturated rings. The minimum atomic E-state index is -3.71. The van der Waals surface area contributed by atoms with Crippen molar-refractivity contribution >= 4 is 27.5 Å². The third-order valence-electron chi connectivity index (χ3n) is 5.14. The first kappa shape index (κ1) is 25.4. The zero-order valence-corrected chi connectivity index (χ0v) is 20.2. The highest BCUT2D eigenvalue weighted by Crippen LogP contribution is 2.20. The molecule has 0 saturated carbocycles. The molecule has 0 radical (unpaired) electrons. The van der Waals surface area contributed by atoms with Crippen molar-refractivity contribution in [3.05, 3.63) is 65.7 Å². The highest BCUT2D eigenvalue weighted by Gasteiger charge is 2.32. The van der Waals surface area contributed by atoms with E-state index in [0.717, 1.165) is 21.7 Å². The molecule has 1 N–H and O–H groups in total. The molecule has 32 heavy (non-hydrogen) atoms. The Labute approximate surface area is 191 Å². The van der Waals surface area contributed by atoms with E-state index in [1.54, 1.807) is 30.3 Å². The Hall–Kier alpha value is -2.87. The summed E-state index contributed by atoms with van der Waals surface area (Å²) in [6, 6.07) is 15.3. The van der Waals surface area contributed by atoms with Gasteiger partial charge >= 0.3 is 0 Å². The van der Waals surface area contributed by atoms with Crippen LogP contribution in [-0.2, 0) is 26.2 Å². The van der Waals surface area contributed by atoms with E-state index in [1.165, 1.54) is 4.90 Å². The van der Waals surface area contributed by atoms with Crippen molar-refractivity contribution in [1.82, 2.24) is 10.2 Å². The molecule has 0 aromatic heterocycles. The Balaban J connectivity index is 2.43. The number of aryl methyl sites for hydroxylation is 1. The molecule has 0 saturated heterocycles. The molecule has 0 heterocycles. The van der Waals surface area contributed by atoms with Gasteiger partial charge in [0.25, 0.3) is 0 Å². The first-order valence-corrected chi connectivity index (χ1v) is 12.6. The number of carbonyl (C=O) groups is 2. The third-order valence-corrected chi connectivity index (χ3v) is 6.28. The Morgan fingerprint density at radius 1 is 1.00 bits per heavy atom. The highest BCUT2D eigenvalue weighted by atomic mass is 32.2. The van der Waals surface area contributed by atoms with Crippen molar-refractivity contribution in [2.45, 2.75) is 52.7 Å². The number of nitrogens with one attached hydrogen (secondary N) is 1. The van der Waals surface area contributed by atoms with Crippen molar-refractivity contribution < 1.29 is 18.0 Å². The maximum atomic E-state index is 13.5. The van der Waals surface area contributed by atoms with E-state index in [0.29, 0.717) is 12.1 Å². The van der Waals surface area contributed by atoms with E-state index >= 15 is 0 Å². The summed E-state index contributed by atoms with van der Waals surface area (Å²) in [5.41, 5.74) is 2.30. The minimum absolute atomic E-state index is 0.0798. The maximum Gasteiger partial charge on any atom is 0.244 e. The molecule has 2 aromatic rings. The van der Waals surface area contributed by atoms with E-state index in [2.05, 4.69) is 5.32 Å². The molecule has 0 spiro atoms. The first-order valence-electron chi connectivity index (χ1n) is 10.7. The van der Waals surface area contributed by atoms with Crippen LogP contribution >= 0.6 is 0 Å². The molecule has 0 aliphatic carbocycles. The van der Waals surface area contributed by atoms with E-state index in [9.17, 15) is 18.0 Å². The van der Waals surface area contributed by atoms with Crippen LogP contribution in [0.15, 0.2) is 54.6 Å². The number of hydrogen-bond donors (Lipinski definition) is 1. The molecule has 0 aliphatic heterocycles. The Morgan fingerprint density at radius 2 is 1.59 bits per heavy atom. The molecular formula is C24H33N3O4S. The minimum Gasteiger partial charge on any atom is -0.352 e. The Bertz CT molecular complexity index is 1020. The van der Waals surface area contributed by atoms with E-state index in [-0.39, 0.29) is 25.0 Å². The molecule has 0 bridgehead atoms. The van der Waals surface area contributed by atoms with E-state index < -0.39 is 22.0 Å². The van der Waals surface area contributed by atoms with Gasteiger partial charge in [-0.25, -0.2) is 8.42 Å². The average molecular weight is 460 g/mol. The normalized spacial score (nSPS) is 12.3. The number of carbonyl (C=O) groups excluding carboxylic acids is 2. The summed E-state index contributed by atoms with van der Waals surface area (Å²) in [5, 5.41) is 2.88. The van der Waals surface area contributed by atoms with Gasteiger partial charge in [-0.3, -0.25) is 13.9 Å². The molecular weight excluding hydrogens is 426 g/mol. The zero-order valence-electron chi connectivity index (χ0n) is 19.4. The van der Waals surface area contributed by atoms with E-state index in [1.807, 2.05) is 52.0 Å². The van der Waals surface area contributed by atoms with Crippen molar-refractivity contribution in [2.75, 3.05) is 17.1 Å². The number of benzene rings is 2. The largest absolute Gasteiger partial charge is 0.352 e. The second-order valence-corrected chi connectivity index (χ2v) is 10.0. The van der Waals surface area contributed by atoms with Crippen LogP contribution < -0.4 is 9.62 Å². The molecule has 7 nitrogen and oxygen atoms in total. The molecule has 1 atom stereocenters. The van der Waals surface area contributed by atoms with Crippen LogP contribution in [0.5, 0.6) is 0 Å². The van der Waals surface area contributed by atoms with Crippen LogP contribution in [-0.4, -0.2) is 50.0 Å². The van der Waals surface area contributed by atoms with Gasteiger partial charge < -0.3 is 10.2 Å². The Kier molecular flexibility index (Phi) is 8.83. The third kappa shape index (κ3) is 6.82. The smallest absolute Gasteiger partial charge is 0.244 e. The van der Waals surface area contributed by atoms with Crippen molar-refractivity contribution in [3.63, 3.8) is 0 Å². The van der Waals surface area contributed by atoms with Gasteiger partial charge in [-0.1, -0.05) is 49.4 Å². The predicted molar refractivity (Wildman–Crippen MR) is 128 cm³/mol. The van der Waals surface area contributed by atoms with Gasteiger partial charge in [0.2, 0.25) is 21.8 Å². The number of hydrogen-bond acceptors (Lipinski definition) is 4. The number of rotatable bonds is 10. The Morgan fingerprint density at radius 3 is 2.12 bits per heavy atom. The molecule has 174 valence electrons. The summed E-state index contributed by atoms with van der Waals surface area (Å²) >= 11 is 0.